The summed E-state index contributed by atoms with van der Waals surface area (Å²) in [5.41, 5.74) is 2.93. The summed E-state index contributed by atoms with van der Waals surface area (Å²) < 4.78 is 5.64. The van der Waals surface area contributed by atoms with E-state index in [1.807, 2.05) is 66.9 Å². The van der Waals surface area contributed by atoms with Crippen molar-refractivity contribution in [1.82, 2.24) is 0 Å². The number of carbonyl (C=O) groups is 2. The Bertz CT molecular complexity index is 1340. The molecule has 6 nitrogen and oxygen atoms in total. The van der Waals surface area contributed by atoms with Gasteiger partial charge >= 0.3 is 0 Å². The molecule has 176 valence electrons. The van der Waals surface area contributed by atoms with Crippen molar-refractivity contribution >= 4 is 46.3 Å². The highest BCUT2D eigenvalue weighted by Crippen LogP contribution is 2.49. The number of ether oxygens (including phenoxy) is 1. The van der Waals surface area contributed by atoms with Crippen molar-refractivity contribution in [2.75, 3.05) is 17.7 Å². The Balaban J connectivity index is 1.82. The largest absolute Gasteiger partial charge is 0.490 e. The molecule has 0 radical (unpaired) electrons. The van der Waals surface area contributed by atoms with E-state index in [0.717, 1.165) is 22.2 Å². The van der Waals surface area contributed by atoms with Crippen LogP contribution in [-0.4, -0.2) is 18.9 Å². The van der Waals surface area contributed by atoms with Gasteiger partial charge in [-0.05, 0) is 42.1 Å². The third kappa shape index (κ3) is 5.32. The van der Waals surface area contributed by atoms with Gasteiger partial charge in [-0.2, -0.15) is 5.26 Å². The van der Waals surface area contributed by atoms with Crippen molar-refractivity contribution in [2.45, 2.75) is 19.3 Å². The van der Waals surface area contributed by atoms with Crippen LogP contribution in [0.3, 0.4) is 0 Å². The Hall–Kier alpha value is -3.80. The number of carbonyl (C=O) groups excluding carboxylic acids is 2. The monoisotopic (exact) mass is 501 g/mol. The van der Waals surface area contributed by atoms with Crippen molar-refractivity contribution < 1.29 is 14.3 Å². The predicted octanol–water partition coefficient (Wildman–Crippen LogP) is 6.19. The van der Waals surface area contributed by atoms with Crippen LogP contribution in [0, 0.1) is 18.3 Å². The molecular weight excluding hydrogens is 478 g/mol. The molecule has 2 amide bonds. The summed E-state index contributed by atoms with van der Waals surface area (Å²) in [6, 6.07) is 22.5. The summed E-state index contributed by atoms with van der Waals surface area (Å²) in [5, 5.41) is 17.7. The van der Waals surface area contributed by atoms with Gasteiger partial charge in [0.2, 0.25) is 0 Å². The van der Waals surface area contributed by atoms with E-state index in [9.17, 15) is 14.9 Å². The minimum Gasteiger partial charge on any atom is -0.490 e. The molecule has 1 aliphatic rings. The van der Waals surface area contributed by atoms with Crippen LogP contribution in [-0.2, 0) is 14.3 Å². The number of aryl methyl sites for hydroxylation is 1. The number of nitrogens with one attached hydrogen (secondary N) is 2. The van der Waals surface area contributed by atoms with Crippen LogP contribution in [0.25, 0.3) is 0 Å². The van der Waals surface area contributed by atoms with Gasteiger partial charge in [-0.25, -0.2) is 0 Å². The van der Waals surface area contributed by atoms with E-state index in [0.29, 0.717) is 32.5 Å². The maximum Gasteiger partial charge on any atom is 0.256 e. The van der Waals surface area contributed by atoms with Gasteiger partial charge in [0, 0.05) is 26.7 Å². The molecule has 1 atom stereocenters. The molecule has 2 heterocycles. The van der Waals surface area contributed by atoms with Gasteiger partial charge in [0.05, 0.1) is 31.1 Å². The zero-order chi connectivity index (χ0) is 24.8. The number of para-hydroxylation sites is 2. The molecule has 2 N–H and O–H groups in total. The number of methoxy groups -OCH3 is 1. The molecule has 8 heteroatoms. The van der Waals surface area contributed by atoms with E-state index < -0.39 is 5.92 Å². The van der Waals surface area contributed by atoms with E-state index in [2.05, 4.69) is 16.7 Å². The van der Waals surface area contributed by atoms with Crippen LogP contribution in [0.5, 0.6) is 0 Å². The SMILES string of the molecule is COC1=C(C(=O)Nc2ccccc2)C(c2cccs2)C(C(=O)Nc2ccccc2C)=C(CC#N)S1. The number of rotatable bonds is 7. The average molecular weight is 502 g/mol. The Kier molecular flexibility index (Phi) is 7.70. The molecule has 35 heavy (non-hydrogen) atoms. The van der Waals surface area contributed by atoms with Crippen molar-refractivity contribution in [3.8, 4) is 6.07 Å². The van der Waals surface area contributed by atoms with Crippen LogP contribution in [0.4, 0.5) is 11.4 Å². The highest BCUT2D eigenvalue weighted by Gasteiger charge is 2.40. The molecule has 0 saturated heterocycles. The number of anilines is 2. The molecule has 1 unspecified atom stereocenters. The number of amides is 2. The lowest BCUT2D eigenvalue weighted by Crippen LogP contribution is -2.30. The fraction of sp³-hybridized carbons (Fsp3) is 0.148. The zero-order valence-electron chi connectivity index (χ0n) is 19.2. The maximum atomic E-state index is 13.7. The summed E-state index contributed by atoms with van der Waals surface area (Å²) in [6.45, 7) is 1.91. The van der Waals surface area contributed by atoms with Gasteiger partial charge in [0.15, 0.2) is 5.09 Å². The number of nitriles is 1. The minimum atomic E-state index is -0.692. The third-order valence-corrected chi connectivity index (χ3v) is 7.60. The first-order valence-corrected chi connectivity index (χ1v) is 12.6. The Labute approximate surface area is 212 Å². The molecule has 0 fully saturated rings. The summed E-state index contributed by atoms with van der Waals surface area (Å²) in [6.07, 6.45) is 0.0174. The van der Waals surface area contributed by atoms with Gasteiger partial charge in [-0.1, -0.05) is 54.2 Å². The summed E-state index contributed by atoms with van der Waals surface area (Å²) >= 11 is 2.60. The van der Waals surface area contributed by atoms with Crippen molar-refractivity contribution in [1.29, 1.82) is 5.26 Å². The quantitative estimate of drug-likeness (QED) is 0.403. The summed E-state index contributed by atoms with van der Waals surface area (Å²) in [5.74, 6) is -1.41. The Morgan fingerprint density at radius 1 is 0.971 bits per heavy atom. The number of benzene rings is 2. The predicted molar refractivity (Wildman–Crippen MR) is 141 cm³/mol. The van der Waals surface area contributed by atoms with E-state index in [1.54, 1.807) is 12.1 Å². The van der Waals surface area contributed by atoms with E-state index in [-0.39, 0.29) is 18.2 Å². The van der Waals surface area contributed by atoms with Gasteiger partial charge in [-0.3, -0.25) is 9.59 Å². The second-order valence-corrected chi connectivity index (χ2v) is 9.76. The first-order chi connectivity index (χ1) is 17.0. The van der Waals surface area contributed by atoms with Crippen LogP contribution < -0.4 is 10.6 Å². The highest BCUT2D eigenvalue weighted by atomic mass is 32.2. The Morgan fingerprint density at radius 3 is 2.34 bits per heavy atom. The molecule has 4 rings (SSSR count). The number of thiophene rings is 1. The molecule has 3 aromatic rings. The third-order valence-electron chi connectivity index (χ3n) is 5.48. The average Bonchev–Trinajstić information content (AvgIpc) is 3.40. The van der Waals surface area contributed by atoms with E-state index in [1.165, 1.54) is 18.4 Å². The number of nitrogens with zero attached hydrogens (tertiary/aromatic N) is 1. The lowest BCUT2D eigenvalue weighted by molar-refractivity contribution is -0.113. The number of hydrogen-bond donors (Lipinski definition) is 2. The van der Waals surface area contributed by atoms with Crippen LogP contribution >= 0.6 is 23.1 Å². The molecule has 2 aromatic carbocycles. The topological polar surface area (TPSA) is 91.2 Å². The number of allylic oxidation sites excluding steroid dienone is 1. The minimum absolute atomic E-state index is 0.0174. The molecule has 0 spiro atoms. The van der Waals surface area contributed by atoms with Crippen LogP contribution in [0.2, 0.25) is 0 Å². The first kappa shape index (κ1) is 24.3. The molecule has 1 aromatic heterocycles. The lowest BCUT2D eigenvalue weighted by Gasteiger charge is -2.30. The standard InChI is InChI=1S/C27H23N3O3S2/c1-17-9-6-7-12-19(17)30-25(31)23-21(14-15-28)35-27(33-2)24(22(23)20-13-8-16-34-20)26(32)29-18-10-4-3-5-11-18/h3-13,16,22H,14H2,1-2H3,(H,29,32)(H,30,31). The van der Waals surface area contributed by atoms with E-state index in [4.69, 9.17) is 4.74 Å². The molecular formula is C27H23N3O3S2. The highest BCUT2D eigenvalue weighted by molar-refractivity contribution is 8.06. The van der Waals surface area contributed by atoms with Gasteiger partial charge < -0.3 is 15.4 Å². The van der Waals surface area contributed by atoms with Crippen molar-refractivity contribution in [3.05, 3.63) is 104 Å². The van der Waals surface area contributed by atoms with Crippen molar-refractivity contribution in [3.63, 3.8) is 0 Å². The summed E-state index contributed by atoms with van der Waals surface area (Å²) in [4.78, 5) is 28.7. The van der Waals surface area contributed by atoms with Gasteiger partial charge in [0.1, 0.15) is 0 Å². The molecule has 0 saturated carbocycles. The maximum absolute atomic E-state index is 13.7. The smallest absolute Gasteiger partial charge is 0.256 e. The fourth-order valence-electron chi connectivity index (χ4n) is 3.84. The zero-order valence-corrected chi connectivity index (χ0v) is 20.8. The van der Waals surface area contributed by atoms with Crippen molar-refractivity contribution in [2.24, 2.45) is 0 Å². The second kappa shape index (κ2) is 11.1. The molecule has 1 aliphatic heterocycles. The van der Waals surface area contributed by atoms with Crippen LogP contribution in [0.1, 0.15) is 22.8 Å². The fourth-order valence-corrected chi connectivity index (χ4v) is 5.77. The van der Waals surface area contributed by atoms with Crippen LogP contribution in [0.15, 0.2) is 93.3 Å². The number of hydrogen-bond acceptors (Lipinski definition) is 6. The molecule has 0 aliphatic carbocycles. The first-order valence-electron chi connectivity index (χ1n) is 10.9. The summed E-state index contributed by atoms with van der Waals surface area (Å²) in [7, 11) is 1.49. The normalized spacial score (nSPS) is 15.4. The van der Waals surface area contributed by atoms with Gasteiger partial charge in [0.25, 0.3) is 11.8 Å². The lowest BCUT2D eigenvalue weighted by atomic mass is 9.87. The Morgan fingerprint density at radius 2 is 1.69 bits per heavy atom. The van der Waals surface area contributed by atoms with Gasteiger partial charge in [-0.15, -0.1) is 11.3 Å². The second-order valence-electron chi connectivity index (χ2n) is 7.72. The molecule has 0 bridgehead atoms. The van der Waals surface area contributed by atoms with E-state index >= 15 is 0 Å². The number of thioether (sulfide) groups is 1.